The molecular formula is C10H9Cl3O2. The fraction of sp³-hybridized carbons (Fsp3) is 0.300. The summed E-state index contributed by atoms with van der Waals surface area (Å²) in [6.45, 7) is 1.31. The highest BCUT2D eigenvalue weighted by atomic mass is 35.5. The van der Waals surface area contributed by atoms with Gasteiger partial charge in [0.1, 0.15) is 0 Å². The number of alkyl halides is 1. The average molecular weight is 268 g/mol. The molecule has 0 aliphatic heterocycles. The lowest BCUT2D eigenvalue weighted by Gasteiger charge is -2.09. The molecule has 0 heterocycles. The van der Waals surface area contributed by atoms with Crippen molar-refractivity contribution in [2.75, 3.05) is 0 Å². The quantitative estimate of drug-likeness (QED) is 0.617. The van der Waals surface area contributed by atoms with Crippen LogP contribution in [0.15, 0.2) is 18.2 Å². The molecule has 1 aromatic rings. The first-order valence-electron chi connectivity index (χ1n) is 4.24. The van der Waals surface area contributed by atoms with E-state index in [1.165, 1.54) is 6.92 Å². The molecule has 0 aliphatic rings. The van der Waals surface area contributed by atoms with Gasteiger partial charge in [-0.15, -0.1) is 0 Å². The van der Waals surface area contributed by atoms with Gasteiger partial charge in [0.05, 0.1) is 10.0 Å². The van der Waals surface area contributed by atoms with Crippen molar-refractivity contribution in [2.45, 2.75) is 18.9 Å². The van der Waals surface area contributed by atoms with Crippen LogP contribution >= 0.6 is 34.8 Å². The van der Waals surface area contributed by atoms with Gasteiger partial charge in [-0.05, 0) is 17.7 Å². The maximum absolute atomic E-state index is 10.6. The first kappa shape index (κ1) is 12.6. The molecule has 1 aromatic carbocycles. The molecule has 2 nitrogen and oxygen atoms in total. The number of hydrogen-bond acceptors (Lipinski definition) is 2. The molecule has 0 aliphatic carbocycles. The minimum Gasteiger partial charge on any atom is -0.446 e. The molecule has 0 spiro atoms. The van der Waals surface area contributed by atoms with Gasteiger partial charge in [-0.2, -0.15) is 0 Å². The van der Waals surface area contributed by atoms with E-state index in [-0.39, 0.29) is 0 Å². The van der Waals surface area contributed by atoms with Gasteiger partial charge >= 0.3 is 5.97 Å². The van der Waals surface area contributed by atoms with Crippen LogP contribution in [0.5, 0.6) is 0 Å². The second-order valence-corrected chi connectivity index (χ2v) is 4.27. The van der Waals surface area contributed by atoms with Crippen LogP contribution in [0.25, 0.3) is 0 Å². The van der Waals surface area contributed by atoms with Gasteiger partial charge in [-0.25, -0.2) is 0 Å². The number of benzene rings is 1. The molecule has 82 valence electrons. The molecule has 0 bridgehead atoms. The van der Waals surface area contributed by atoms with Crippen molar-refractivity contribution in [3.8, 4) is 0 Å². The van der Waals surface area contributed by atoms with E-state index in [1.54, 1.807) is 18.2 Å². The summed E-state index contributed by atoms with van der Waals surface area (Å²) >= 11 is 17.4. The smallest absolute Gasteiger partial charge is 0.304 e. The Balaban J connectivity index is 2.64. The summed E-state index contributed by atoms with van der Waals surface area (Å²) in [5.74, 6) is -0.407. The lowest BCUT2D eigenvalue weighted by Crippen LogP contribution is -2.12. The fourth-order valence-corrected chi connectivity index (χ4v) is 1.70. The number of esters is 1. The van der Waals surface area contributed by atoms with Crippen LogP contribution in [0, 0.1) is 0 Å². The molecule has 1 unspecified atom stereocenters. The van der Waals surface area contributed by atoms with Crippen molar-refractivity contribution in [1.29, 1.82) is 0 Å². The van der Waals surface area contributed by atoms with Crippen LogP contribution in [0.4, 0.5) is 0 Å². The highest BCUT2D eigenvalue weighted by Gasteiger charge is 2.09. The zero-order valence-electron chi connectivity index (χ0n) is 7.97. The summed E-state index contributed by atoms with van der Waals surface area (Å²) in [4.78, 5) is 10.6. The van der Waals surface area contributed by atoms with Crippen LogP contribution in [0.3, 0.4) is 0 Å². The highest BCUT2D eigenvalue weighted by molar-refractivity contribution is 6.42. The summed E-state index contributed by atoms with van der Waals surface area (Å²) in [5, 5.41) is 0.944. The lowest BCUT2D eigenvalue weighted by atomic mass is 10.2. The maximum atomic E-state index is 10.6. The fourth-order valence-electron chi connectivity index (χ4n) is 1.07. The molecular weight excluding hydrogens is 258 g/mol. The van der Waals surface area contributed by atoms with Crippen LogP contribution in [0.1, 0.15) is 12.5 Å². The van der Waals surface area contributed by atoms with Crippen molar-refractivity contribution in [3.63, 3.8) is 0 Å². The second-order valence-electron chi connectivity index (χ2n) is 2.97. The molecule has 0 saturated heterocycles. The molecule has 0 amide bonds. The second kappa shape index (κ2) is 5.59. The van der Waals surface area contributed by atoms with Gasteiger partial charge in [-0.1, -0.05) is 40.9 Å². The predicted octanol–water partition coefficient (Wildman–Crippen LogP) is 3.66. The monoisotopic (exact) mass is 266 g/mol. The van der Waals surface area contributed by atoms with Gasteiger partial charge < -0.3 is 4.74 Å². The van der Waals surface area contributed by atoms with E-state index >= 15 is 0 Å². The number of rotatable bonds is 3. The Labute approximate surface area is 103 Å². The number of carbonyl (C=O) groups excluding carboxylic acids is 1. The predicted molar refractivity (Wildman–Crippen MR) is 61.6 cm³/mol. The summed E-state index contributed by atoms with van der Waals surface area (Å²) < 4.78 is 4.77. The van der Waals surface area contributed by atoms with Crippen molar-refractivity contribution in [3.05, 3.63) is 33.8 Å². The molecule has 0 radical (unpaired) electrons. The van der Waals surface area contributed by atoms with E-state index in [4.69, 9.17) is 39.5 Å². The van der Waals surface area contributed by atoms with Crippen LogP contribution in [-0.2, 0) is 16.0 Å². The first-order valence-corrected chi connectivity index (χ1v) is 5.43. The molecule has 0 fully saturated rings. The number of hydrogen-bond donors (Lipinski definition) is 0. The third-order valence-corrected chi connectivity index (χ3v) is 2.66. The van der Waals surface area contributed by atoms with Gasteiger partial charge in [0, 0.05) is 13.3 Å². The van der Waals surface area contributed by atoms with Gasteiger partial charge in [0.2, 0.25) is 0 Å². The topological polar surface area (TPSA) is 26.3 Å². The Hall–Kier alpha value is -0.440. The zero-order valence-corrected chi connectivity index (χ0v) is 10.2. The molecule has 1 rings (SSSR count). The molecule has 5 heteroatoms. The molecule has 0 saturated carbocycles. The summed E-state index contributed by atoms with van der Waals surface area (Å²) in [6.07, 6.45) is 0.401. The van der Waals surface area contributed by atoms with Gasteiger partial charge in [0.25, 0.3) is 0 Å². The minimum atomic E-state index is -0.681. The van der Waals surface area contributed by atoms with E-state index in [9.17, 15) is 4.79 Å². The Kier molecular flexibility index (Phi) is 4.71. The van der Waals surface area contributed by atoms with E-state index in [1.807, 2.05) is 0 Å². The van der Waals surface area contributed by atoms with E-state index < -0.39 is 11.5 Å². The van der Waals surface area contributed by atoms with E-state index in [2.05, 4.69) is 0 Å². The van der Waals surface area contributed by atoms with Crippen molar-refractivity contribution in [2.24, 2.45) is 0 Å². The van der Waals surface area contributed by atoms with Crippen molar-refractivity contribution >= 4 is 40.8 Å². The Bertz CT molecular complexity index is 366. The Morgan fingerprint density at radius 2 is 2.07 bits per heavy atom. The van der Waals surface area contributed by atoms with Crippen molar-refractivity contribution in [1.82, 2.24) is 0 Å². The molecule has 15 heavy (non-hydrogen) atoms. The maximum Gasteiger partial charge on any atom is 0.304 e. The number of ether oxygens (including phenoxy) is 1. The van der Waals surface area contributed by atoms with Crippen molar-refractivity contribution < 1.29 is 9.53 Å². The normalized spacial score (nSPS) is 12.3. The highest BCUT2D eigenvalue weighted by Crippen LogP contribution is 2.23. The van der Waals surface area contributed by atoms with Crippen LogP contribution < -0.4 is 0 Å². The number of carbonyl (C=O) groups is 1. The largest absolute Gasteiger partial charge is 0.446 e. The third-order valence-electron chi connectivity index (χ3n) is 1.67. The zero-order chi connectivity index (χ0) is 11.4. The average Bonchev–Trinajstić information content (AvgIpc) is 2.10. The summed E-state index contributed by atoms with van der Waals surface area (Å²) in [7, 11) is 0. The van der Waals surface area contributed by atoms with Gasteiger partial charge in [0.15, 0.2) is 5.56 Å². The molecule has 0 N–H and O–H groups in total. The standard InChI is InChI=1S/C10H9Cl3O2/c1-6(14)15-10(13)5-7-2-3-8(11)9(12)4-7/h2-4,10H,5H2,1H3. The Morgan fingerprint density at radius 1 is 1.40 bits per heavy atom. The lowest BCUT2D eigenvalue weighted by molar-refractivity contribution is -0.142. The van der Waals surface area contributed by atoms with Crippen LogP contribution in [0.2, 0.25) is 10.0 Å². The van der Waals surface area contributed by atoms with E-state index in [0.29, 0.717) is 16.5 Å². The third kappa shape index (κ3) is 4.29. The summed E-state index contributed by atoms with van der Waals surface area (Å²) in [6, 6.07) is 5.16. The number of halogens is 3. The molecule has 1 atom stereocenters. The Morgan fingerprint density at radius 3 is 2.60 bits per heavy atom. The van der Waals surface area contributed by atoms with E-state index in [0.717, 1.165) is 5.56 Å². The molecule has 0 aromatic heterocycles. The SMILES string of the molecule is CC(=O)OC(Cl)Cc1ccc(Cl)c(Cl)c1. The van der Waals surface area contributed by atoms with Gasteiger partial charge in [-0.3, -0.25) is 4.79 Å². The van der Waals surface area contributed by atoms with Crippen LogP contribution in [-0.4, -0.2) is 11.5 Å². The summed E-state index contributed by atoms with van der Waals surface area (Å²) in [5.41, 5.74) is 0.186. The first-order chi connectivity index (χ1) is 6.99. The minimum absolute atomic E-state index is 0.401.